The summed E-state index contributed by atoms with van der Waals surface area (Å²) in [6.07, 6.45) is 3.33. The van der Waals surface area contributed by atoms with Gasteiger partial charge in [0, 0.05) is 39.6 Å². The van der Waals surface area contributed by atoms with Gasteiger partial charge in [0.25, 0.3) is 0 Å². The molecule has 2 aromatic rings. The normalized spacial score (nSPS) is 8.68. The van der Waals surface area contributed by atoms with E-state index < -0.39 is 0 Å². The standard InChI is InChI=1S/2C9H13N.C5H10.C3H8/c2*1-8-6-4-5-7-9(8)10(2)3;1-4-5(2)3;1-3-2/h2*4-7H,1-3H3;4H,1-3H3;3H2,1-2H3. The summed E-state index contributed by atoms with van der Waals surface area (Å²) in [6, 6.07) is 16.7. The van der Waals surface area contributed by atoms with E-state index in [0.29, 0.717) is 0 Å². The molecule has 0 fully saturated rings. The third kappa shape index (κ3) is 13.9. The molecule has 2 heteroatoms. The molecule has 0 atom stereocenters. The van der Waals surface area contributed by atoms with Gasteiger partial charge >= 0.3 is 0 Å². The average Bonchev–Trinajstić information content (AvgIpc) is 2.63. The molecule has 0 saturated carbocycles. The van der Waals surface area contributed by atoms with E-state index in [1.54, 1.807) is 0 Å². The molecule has 0 amide bonds. The summed E-state index contributed by atoms with van der Waals surface area (Å²) in [5.74, 6) is 0. The van der Waals surface area contributed by atoms with Gasteiger partial charge in [0.05, 0.1) is 0 Å². The van der Waals surface area contributed by atoms with Crippen molar-refractivity contribution in [2.24, 2.45) is 0 Å². The van der Waals surface area contributed by atoms with E-state index in [4.69, 9.17) is 0 Å². The molecule has 2 rings (SSSR count). The maximum Gasteiger partial charge on any atom is 0.0390 e. The average molecular weight is 385 g/mol. The Kier molecular flexibility index (Phi) is 16.9. The second-order valence-corrected chi connectivity index (χ2v) is 7.43. The fourth-order valence-corrected chi connectivity index (χ4v) is 2.13. The molecule has 28 heavy (non-hydrogen) atoms. The predicted molar refractivity (Wildman–Crippen MR) is 132 cm³/mol. The van der Waals surface area contributed by atoms with Gasteiger partial charge in [-0.3, -0.25) is 0 Å². The number of rotatable bonds is 2. The summed E-state index contributed by atoms with van der Waals surface area (Å²) < 4.78 is 0. The molecule has 0 aliphatic heterocycles. The smallest absolute Gasteiger partial charge is 0.0390 e. The molecule has 0 aliphatic carbocycles. The van der Waals surface area contributed by atoms with Gasteiger partial charge in [0.2, 0.25) is 0 Å². The van der Waals surface area contributed by atoms with Gasteiger partial charge in [-0.2, -0.15) is 0 Å². The van der Waals surface area contributed by atoms with Crippen molar-refractivity contribution in [3.63, 3.8) is 0 Å². The number of hydrogen-bond acceptors (Lipinski definition) is 2. The summed E-state index contributed by atoms with van der Waals surface area (Å²) in [6.45, 7) is 14.7. The van der Waals surface area contributed by atoms with Crippen LogP contribution in [0.3, 0.4) is 0 Å². The zero-order valence-corrected chi connectivity index (χ0v) is 20.3. The summed E-state index contributed by atoms with van der Waals surface area (Å²) >= 11 is 0. The SMILES string of the molecule is CC=C(C)C.CCC.Cc1ccccc1N(C)C.Cc1ccccc1N(C)C. The van der Waals surface area contributed by atoms with Crippen LogP contribution >= 0.6 is 0 Å². The van der Waals surface area contributed by atoms with Crippen LogP contribution in [0.25, 0.3) is 0 Å². The highest BCUT2D eigenvalue weighted by Gasteiger charge is 1.96. The van der Waals surface area contributed by atoms with Gasteiger partial charge in [-0.15, -0.1) is 0 Å². The maximum atomic E-state index is 2.12. The van der Waals surface area contributed by atoms with Crippen molar-refractivity contribution in [3.8, 4) is 0 Å². The van der Waals surface area contributed by atoms with Crippen molar-refractivity contribution in [2.45, 2.75) is 54.9 Å². The van der Waals surface area contributed by atoms with Crippen LogP contribution in [0, 0.1) is 13.8 Å². The lowest BCUT2D eigenvalue weighted by Gasteiger charge is -2.14. The number of nitrogens with zero attached hydrogens (tertiary/aromatic N) is 2. The van der Waals surface area contributed by atoms with Gasteiger partial charge in [-0.1, -0.05) is 68.3 Å². The minimum Gasteiger partial charge on any atom is -0.377 e. The second-order valence-electron chi connectivity index (χ2n) is 7.43. The van der Waals surface area contributed by atoms with E-state index in [1.807, 2.05) is 6.92 Å². The van der Waals surface area contributed by atoms with Gasteiger partial charge in [-0.25, -0.2) is 0 Å². The van der Waals surface area contributed by atoms with Crippen LogP contribution < -0.4 is 9.80 Å². The largest absolute Gasteiger partial charge is 0.377 e. The number of aryl methyl sites for hydroxylation is 2. The molecule has 0 unspecified atom stereocenters. The van der Waals surface area contributed by atoms with E-state index in [9.17, 15) is 0 Å². The molecule has 2 aromatic carbocycles. The highest BCUT2D eigenvalue weighted by Crippen LogP contribution is 2.16. The molecule has 0 spiro atoms. The van der Waals surface area contributed by atoms with Crippen molar-refractivity contribution < 1.29 is 0 Å². The lowest BCUT2D eigenvalue weighted by molar-refractivity contribution is 1.09. The Hall–Kier alpha value is -2.22. The number of allylic oxidation sites excluding steroid dienone is 2. The third-order valence-corrected chi connectivity index (χ3v) is 3.77. The molecule has 0 saturated heterocycles. The summed E-state index contributed by atoms with van der Waals surface area (Å²) in [4.78, 5) is 4.24. The molecule has 158 valence electrons. The summed E-state index contributed by atoms with van der Waals surface area (Å²) in [5, 5.41) is 0. The molecule has 0 aliphatic rings. The van der Waals surface area contributed by atoms with Crippen molar-refractivity contribution in [2.75, 3.05) is 38.0 Å². The Bertz CT molecular complexity index is 601. The Morgan fingerprint density at radius 2 is 0.964 bits per heavy atom. The first-order chi connectivity index (χ1) is 13.1. The van der Waals surface area contributed by atoms with Crippen LogP contribution in [0.4, 0.5) is 11.4 Å². The first kappa shape index (κ1) is 28.0. The Morgan fingerprint density at radius 3 is 1.11 bits per heavy atom. The van der Waals surface area contributed by atoms with Gasteiger partial charge in [0.15, 0.2) is 0 Å². The molecule has 0 heterocycles. The fraction of sp³-hybridized carbons (Fsp3) is 0.462. The van der Waals surface area contributed by atoms with E-state index in [1.165, 1.54) is 34.5 Å². The van der Waals surface area contributed by atoms with Crippen LogP contribution in [-0.4, -0.2) is 28.2 Å². The third-order valence-electron chi connectivity index (χ3n) is 3.77. The zero-order chi connectivity index (χ0) is 22.1. The monoisotopic (exact) mass is 384 g/mol. The minimum atomic E-state index is 1.25. The predicted octanol–water partition coefficient (Wildman–Crippen LogP) is 7.51. The van der Waals surface area contributed by atoms with Crippen LogP contribution in [0.15, 0.2) is 60.2 Å². The van der Waals surface area contributed by atoms with Crippen molar-refractivity contribution in [1.29, 1.82) is 0 Å². The van der Waals surface area contributed by atoms with Gasteiger partial charge < -0.3 is 9.80 Å². The topological polar surface area (TPSA) is 6.48 Å². The zero-order valence-electron chi connectivity index (χ0n) is 20.3. The van der Waals surface area contributed by atoms with Gasteiger partial charge in [-0.05, 0) is 57.9 Å². The highest BCUT2D eigenvalue weighted by atomic mass is 15.1. The Labute approximate surface area is 175 Å². The number of hydrogen-bond donors (Lipinski definition) is 0. The lowest BCUT2D eigenvalue weighted by atomic mass is 10.2. The van der Waals surface area contributed by atoms with E-state index in [0.717, 1.165) is 0 Å². The number of anilines is 2. The first-order valence-electron chi connectivity index (χ1n) is 10.2. The molecular weight excluding hydrogens is 340 g/mol. The van der Waals surface area contributed by atoms with Gasteiger partial charge in [0.1, 0.15) is 0 Å². The van der Waals surface area contributed by atoms with Crippen molar-refractivity contribution >= 4 is 11.4 Å². The van der Waals surface area contributed by atoms with E-state index >= 15 is 0 Å². The minimum absolute atomic E-state index is 1.25. The van der Waals surface area contributed by atoms with E-state index in [2.05, 4.69) is 134 Å². The molecule has 0 aromatic heterocycles. The molecular formula is C26H44N2. The van der Waals surface area contributed by atoms with Crippen molar-refractivity contribution in [3.05, 3.63) is 71.3 Å². The Balaban J connectivity index is 0. The molecule has 2 nitrogen and oxygen atoms in total. The molecule has 0 N–H and O–H groups in total. The quantitative estimate of drug-likeness (QED) is 0.494. The fourth-order valence-electron chi connectivity index (χ4n) is 2.13. The van der Waals surface area contributed by atoms with E-state index in [-0.39, 0.29) is 0 Å². The number of benzene rings is 2. The second kappa shape index (κ2) is 16.9. The molecule has 0 bridgehead atoms. The maximum absolute atomic E-state index is 2.12. The van der Waals surface area contributed by atoms with Crippen LogP contribution in [-0.2, 0) is 0 Å². The summed E-state index contributed by atoms with van der Waals surface area (Å²) in [5.41, 5.74) is 6.62. The summed E-state index contributed by atoms with van der Waals surface area (Å²) in [7, 11) is 8.23. The first-order valence-corrected chi connectivity index (χ1v) is 10.2. The molecule has 0 radical (unpaired) electrons. The number of para-hydroxylation sites is 2. The van der Waals surface area contributed by atoms with Crippen LogP contribution in [0.5, 0.6) is 0 Å². The van der Waals surface area contributed by atoms with Crippen molar-refractivity contribution in [1.82, 2.24) is 0 Å². The van der Waals surface area contributed by atoms with Crippen LogP contribution in [0.2, 0.25) is 0 Å². The highest BCUT2D eigenvalue weighted by molar-refractivity contribution is 5.52. The lowest BCUT2D eigenvalue weighted by Crippen LogP contribution is -2.09. The van der Waals surface area contributed by atoms with Crippen LogP contribution in [0.1, 0.15) is 52.2 Å². The Morgan fingerprint density at radius 1 is 0.714 bits per heavy atom.